The molecule has 0 aliphatic rings. The third kappa shape index (κ3) is 10.3. The van der Waals surface area contributed by atoms with E-state index >= 15 is 0 Å². The van der Waals surface area contributed by atoms with Gasteiger partial charge in [0.15, 0.2) is 0 Å². The van der Waals surface area contributed by atoms with Crippen LogP contribution in [0, 0.1) is 13.8 Å². The van der Waals surface area contributed by atoms with Crippen LogP contribution in [0.15, 0.2) is 24.5 Å². The van der Waals surface area contributed by atoms with Gasteiger partial charge in [0.25, 0.3) is 12.3 Å². The molecule has 3 heterocycles. The van der Waals surface area contributed by atoms with Crippen LogP contribution in [0.3, 0.4) is 0 Å². The number of pyridine rings is 1. The number of amides is 2. The zero-order valence-electron chi connectivity index (χ0n) is 26.8. The topological polar surface area (TPSA) is 116 Å². The summed E-state index contributed by atoms with van der Waals surface area (Å²) in [5.74, 6) is -1.19. The fourth-order valence-electron chi connectivity index (χ4n) is 4.77. The summed E-state index contributed by atoms with van der Waals surface area (Å²) >= 11 is 11.7. The van der Waals surface area contributed by atoms with E-state index in [-0.39, 0.29) is 41.8 Å². The number of alkyl halides is 4. The number of aryl methyl sites for hydroxylation is 1. The summed E-state index contributed by atoms with van der Waals surface area (Å²) in [7, 11) is -1.26. The summed E-state index contributed by atoms with van der Waals surface area (Å²) in [6, 6.07) is 2.61. The largest absolute Gasteiger partial charge is 0.360 e. The van der Waals surface area contributed by atoms with E-state index in [4.69, 9.17) is 27.9 Å². The van der Waals surface area contributed by atoms with Crippen molar-refractivity contribution in [3.63, 3.8) is 0 Å². The second-order valence-electron chi connectivity index (χ2n) is 12.4. The van der Waals surface area contributed by atoms with Crippen LogP contribution in [-0.4, -0.2) is 61.9 Å². The number of halogens is 4. The van der Waals surface area contributed by atoms with Gasteiger partial charge in [-0.3, -0.25) is 14.3 Å². The lowest BCUT2D eigenvalue weighted by atomic mass is 10.00. The molecule has 248 valence electrons. The molecule has 0 saturated carbocycles. The van der Waals surface area contributed by atoms with Crippen LogP contribution in [0.4, 0.5) is 14.6 Å². The Balaban J connectivity index is 1.83. The Morgan fingerprint density at radius 3 is 2.47 bits per heavy atom. The second-order valence-corrected chi connectivity index (χ2v) is 19.3. The lowest BCUT2D eigenvalue weighted by molar-refractivity contribution is -0.118. The van der Waals surface area contributed by atoms with Crippen molar-refractivity contribution in [1.82, 2.24) is 29.9 Å². The number of hydrogen-bond acceptors (Lipinski definition) is 6. The highest BCUT2D eigenvalue weighted by molar-refractivity contribution is 6.76. The van der Waals surface area contributed by atoms with E-state index in [1.807, 2.05) is 13.8 Å². The highest BCUT2D eigenvalue weighted by Crippen LogP contribution is 2.36. The van der Waals surface area contributed by atoms with Crippen molar-refractivity contribution in [2.75, 3.05) is 11.9 Å². The molecule has 0 bridgehead atoms. The smallest absolute Gasteiger partial charge is 0.270 e. The van der Waals surface area contributed by atoms with E-state index in [0.29, 0.717) is 36.4 Å². The molecular formula is C30H43Cl2F2N7O3Si. The molecule has 3 aromatic rings. The maximum atomic E-state index is 14.4. The first-order chi connectivity index (χ1) is 21.1. The average Bonchev–Trinajstić information content (AvgIpc) is 3.54. The number of ether oxygens (including phenoxy) is 1. The predicted octanol–water partition coefficient (Wildman–Crippen LogP) is 7.30. The SMILES string of the molecule is Cc1nn(COCC[Si](C)(C)C)c(C)c1-c1cnc(NC(=O)[C@H](CCCC(Cl)Cl)NC(=O)c2ccnn2C(C)C)cc1C(F)F. The summed E-state index contributed by atoms with van der Waals surface area (Å²) in [6.45, 7) is 14.9. The fourth-order valence-corrected chi connectivity index (χ4v) is 5.83. The Morgan fingerprint density at radius 2 is 1.84 bits per heavy atom. The number of carbonyl (C=O) groups excluding carboxylic acids is 2. The van der Waals surface area contributed by atoms with Crippen molar-refractivity contribution in [1.29, 1.82) is 0 Å². The van der Waals surface area contributed by atoms with Crippen LogP contribution in [-0.2, 0) is 16.3 Å². The molecular weight excluding hydrogens is 643 g/mol. The lowest BCUT2D eigenvalue weighted by Gasteiger charge is -2.20. The molecule has 2 N–H and O–H groups in total. The minimum atomic E-state index is -2.86. The number of carbonyl (C=O) groups is 2. The van der Waals surface area contributed by atoms with Gasteiger partial charge in [0.2, 0.25) is 5.91 Å². The van der Waals surface area contributed by atoms with Crippen LogP contribution in [0.2, 0.25) is 25.7 Å². The Bertz CT molecular complexity index is 1460. The fraction of sp³-hybridized carbons (Fsp3) is 0.567. The van der Waals surface area contributed by atoms with Crippen LogP contribution in [0.5, 0.6) is 0 Å². The highest BCUT2D eigenvalue weighted by Gasteiger charge is 2.26. The molecule has 0 radical (unpaired) electrons. The zero-order valence-corrected chi connectivity index (χ0v) is 29.3. The van der Waals surface area contributed by atoms with Crippen LogP contribution < -0.4 is 10.6 Å². The van der Waals surface area contributed by atoms with Gasteiger partial charge in [-0.25, -0.2) is 18.4 Å². The van der Waals surface area contributed by atoms with Crippen molar-refractivity contribution in [2.45, 2.75) is 103 Å². The van der Waals surface area contributed by atoms with Crippen molar-refractivity contribution in [3.05, 3.63) is 47.2 Å². The molecule has 0 aliphatic carbocycles. The van der Waals surface area contributed by atoms with Gasteiger partial charge in [-0.15, -0.1) is 23.2 Å². The van der Waals surface area contributed by atoms with Gasteiger partial charge in [0.1, 0.15) is 29.1 Å². The molecule has 3 aromatic heterocycles. The lowest BCUT2D eigenvalue weighted by Crippen LogP contribution is -2.44. The van der Waals surface area contributed by atoms with E-state index < -0.39 is 37.2 Å². The van der Waals surface area contributed by atoms with Crippen molar-refractivity contribution < 1.29 is 23.1 Å². The Kier molecular flexibility index (Phi) is 13.1. The summed E-state index contributed by atoms with van der Waals surface area (Å²) in [4.78, 5) is 30.1. The quantitative estimate of drug-likeness (QED) is 0.0929. The first-order valence-corrected chi connectivity index (χ1v) is 19.5. The van der Waals surface area contributed by atoms with E-state index in [1.54, 1.807) is 29.3 Å². The normalized spacial score (nSPS) is 12.8. The Morgan fingerprint density at radius 1 is 1.13 bits per heavy atom. The maximum Gasteiger partial charge on any atom is 0.270 e. The van der Waals surface area contributed by atoms with Crippen LogP contribution in [0.25, 0.3) is 11.1 Å². The summed E-state index contributed by atoms with van der Waals surface area (Å²) in [5.41, 5.74) is 1.95. The van der Waals surface area contributed by atoms with Crippen LogP contribution >= 0.6 is 23.2 Å². The van der Waals surface area contributed by atoms with Crippen LogP contribution in [0.1, 0.15) is 73.0 Å². The monoisotopic (exact) mass is 685 g/mol. The first-order valence-electron chi connectivity index (χ1n) is 14.9. The van der Waals surface area contributed by atoms with Gasteiger partial charge < -0.3 is 15.4 Å². The van der Waals surface area contributed by atoms with E-state index in [2.05, 4.69) is 45.5 Å². The molecule has 1 atom stereocenters. The van der Waals surface area contributed by atoms with E-state index in [0.717, 1.165) is 12.1 Å². The predicted molar refractivity (Wildman–Crippen MR) is 176 cm³/mol. The molecule has 0 fully saturated rings. The van der Waals surface area contributed by atoms with E-state index in [9.17, 15) is 18.4 Å². The van der Waals surface area contributed by atoms with Crippen molar-refractivity contribution in [2.24, 2.45) is 0 Å². The third-order valence-electron chi connectivity index (χ3n) is 7.21. The van der Waals surface area contributed by atoms with Gasteiger partial charge in [-0.1, -0.05) is 19.6 Å². The second kappa shape index (κ2) is 16.1. The number of rotatable bonds is 16. The third-order valence-corrected chi connectivity index (χ3v) is 9.35. The Hall–Kier alpha value is -2.87. The molecule has 10 nitrogen and oxygen atoms in total. The minimum absolute atomic E-state index is 0.0736. The standard InChI is InChI=1S/C30H43Cl2F2N7O3Si/c1-18(2)41-24(11-12-36-41)30(43)37-23(9-8-10-25(31)32)29(42)38-26-15-21(28(33)34)22(16-35-26)27-19(3)39-40(20(27)4)17-44-13-14-45(5,6)7/h11-12,15-16,18,23,25,28H,8-10,13-14,17H2,1-7H3,(H,37,43)(H,35,38,42)/t23-/m0/s1. The van der Waals surface area contributed by atoms with Gasteiger partial charge in [-0.05, 0) is 65.1 Å². The molecule has 0 saturated heterocycles. The molecule has 0 spiro atoms. The maximum absolute atomic E-state index is 14.4. The molecule has 0 aliphatic heterocycles. The van der Waals surface area contributed by atoms with Gasteiger partial charge in [0, 0.05) is 55.5 Å². The molecule has 0 unspecified atom stereocenters. The minimum Gasteiger partial charge on any atom is -0.360 e. The Labute approximate surface area is 274 Å². The molecule has 3 rings (SSSR count). The number of anilines is 1. The highest BCUT2D eigenvalue weighted by atomic mass is 35.5. The number of hydrogen-bond donors (Lipinski definition) is 2. The number of aromatic nitrogens is 5. The number of nitrogens with zero attached hydrogens (tertiary/aromatic N) is 5. The zero-order chi connectivity index (χ0) is 33.5. The van der Waals surface area contributed by atoms with Gasteiger partial charge >= 0.3 is 0 Å². The summed E-state index contributed by atoms with van der Waals surface area (Å²) in [6.07, 6.45) is 0.987. The molecule has 45 heavy (non-hydrogen) atoms. The van der Waals surface area contributed by atoms with Crippen molar-refractivity contribution in [3.8, 4) is 11.1 Å². The number of nitrogens with one attached hydrogen (secondary N) is 2. The summed E-state index contributed by atoms with van der Waals surface area (Å²) in [5, 5.41) is 14.0. The average molecular weight is 687 g/mol. The molecule has 15 heteroatoms. The molecule has 0 aromatic carbocycles. The summed E-state index contributed by atoms with van der Waals surface area (Å²) < 4.78 is 37.9. The van der Waals surface area contributed by atoms with E-state index in [1.165, 1.54) is 12.4 Å². The molecule has 2 amide bonds. The van der Waals surface area contributed by atoms with Gasteiger partial charge in [0.05, 0.1) is 5.69 Å². The van der Waals surface area contributed by atoms with Gasteiger partial charge in [-0.2, -0.15) is 10.2 Å². The van der Waals surface area contributed by atoms with Crippen molar-refractivity contribution >= 4 is 48.9 Å². The first kappa shape index (κ1) is 36.6.